The van der Waals surface area contributed by atoms with E-state index in [0.29, 0.717) is 6.04 Å². The van der Waals surface area contributed by atoms with E-state index in [0.717, 1.165) is 64.2 Å². The van der Waals surface area contributed by atoms with Crippen LogP contribution in [0, 0.1) is 0 Å². The predicted octanol–water partition coefficient (Wildman–Crippen LogP) is 2.51. The molecule has 3 heterocycles. The Hall–Kier alpha value is -1.95. The Morgan fingerprint density at radius 1 is 1.14 bits per heavy atom. The van der Waals surface area contributed by atoms with E-state index in [2.05, 4.69) is 40.5 Å². The van der Waals surface area contributed by atoms with Crippen molar-refractivity contribution in [3.8, 4) is 0 Å². The van der Waals surface area contributed by atoms with Gasteiger partial charge in [0.1, 0.15) is 0 Å². The molecule has 148 valence electrons. The van der Waals surface area contributed by atoms with Gasteiger partial charge in [0.2, 0.25) is 0 Å². The number of aromatic nitrogens is 1. The van der Waals surface area contributed by atoms with Crippen LogP contribution in [0.25, 0.3) is 0 Å². The average Bonchev–Trinajstić information content (AvgIpc) is 2.74. The van der Waals surface area contributed by atoms with E-state index in [1.807, 2.05) is 0 Å². The number of benzene rings is 1. The molecule has 1 aromatic heterocycles. The smallest absolute Gasteiger partial charge is 0.0642 e. The number of rotatable bonds is 3. The van der Waals surface area contributed by atoms with Crippen LogP contribution in [0.4, 0.5) is 5.69 Å². The number of hydrogen-bond acceptors (Lipinski definition) is 5. The van der Waals surface area contributed by atoms with Crippen LogP contribution in [0.3, 0.4) is 0 Å². The molecule has 0 radical (unpaired) electrons. The molecule has 2 atom stereocenters. The molecule has 1 aromatic carbocycles. The number of aryl methyl sites for hydroxylation is 1. The average molecular weight is 379 g/mol. The summed E-state index contributed by atoms with van der Waals surface area (Å²) >= 11 is 0. The Morgan fingerprint density at radius 3 is 2.93 bits per heavy atom. The van der Waals surface area contributed by atoms with Crippen LogP contribution in [0.2, 0.25) is 0 Å². The summed E-state index contributed by atoms with van der Waals surface area (Å²) in [6.45, 7) is 4.55. The largest absolute Gasteiger partial charge is 0.378 e. The molecule has 1 fully saturated rings. The summed E-state index contributed by atoms with van der Waals surface area (Å²) in [5.74, 6) is 0. The molecule has 5 rings (SSSR count). The topological polar surface area (TPSA) is 63.4 Å². The lowest BCUT2D eigenvalue weighted by Gasteiger charge is -2.34. The van der Waals surface area contributed by atoms with Crippen molar-refractivity contribution in [3.05, 3.63) is 58.4 Å². The third kappa shape index (κ3) is 3.54. The number of nitrogens with one attached hydrogen (secondary N) is 1. The molecule has 0 spiro atoms. The minimum Gasteiger partial charge on any atom is -0.378 e. The molecule has 5 heteroatoms. The van der Waals surface area contributed by atoms with Gasteiger partial charge in [-0.3, -0.25) is 4.98 Å². The third-order valence-electron chi connectivity index (χ3n) is 6.47. The van der Waals surface area contributed by atoms with E-state index >= 15 is 0 Å². The zero-order valence-electron chi connectivity index (χ0n) is 16.5. The highest BCUT2D eigenvalue weighted by molar-refractivity contribution is 5.58. The van der Waals surface area contributed by atoms with Crippen LogP contribution >= 0.6 is 0 Å². The van der Waals surface area contributed by atoms with Gasteiger partial charge in [0, 0.05) is 49.5 Å². The lowest BCUT2D eigenvalue weighted by atomic mass is 9.89. The van der Waals surface area contributed by atoms with Gasteiger partial charge in [-0.05, 0) is 54.5 Å². The Bertz CT molecular complexity index is 846. The fraction of sp³-hybridized carbons (Fsp3) is 0.522. The molecular formula is C23H30N4O. The second-order valence-corrected chi connectivity index (χ2v) is 8.35. The summed E-state index contributed by atoms with van der Waals surface area (Å²) < 4.78 is 5.55. The highest BCUT2D eigenvalue weighted by Crippen LogP contribution is 2.30. The van der Waals surface area contributed by atoms with Crippen molar-refractivity contribution in [2.45, 2.75) is 50.7 Å². The van der Waals surface area contributed by atoms with Gasteiger partial charge in [-0.25, -0.2) is 0 Å². The summed E-state index contributed by atoms with van der Waals surface area (Å²) in [5.41, 5.74) is 14.3. The highest BCUT2D eigenvalue weighted by atomic mass is 16.5. The van der Waals surface area contributed by atoms with E-state index in [9.17, 15) is 0 Å². The molecule has 0 saturated carbocycles. The summed E-state index contributed by atoms with van der Waals surface area (Å²) in [6, 6.07) is 11.7. The van der Waals surface area contributed by atoms with Crippen LogP contribution in [0.15, 0.2) is 30.3 Å². The monoisotopic (exact) mass is 378 g/mol. The van der Waals surface area contributed by atoms with Crippen molar-refractivity contribution < 1.29 is 4.74 Å². The molecule has 0 bridgehead atoms. The van der Waals surface area contributed by atoms with Gasteiger partial charge < -0.3 is 20.7 Å². The summed E-state index contributed by atoms with van der Waals surface area (Å²) in [4.78, 5) is 7.45. The molecule has 3 aliphatic rings. The minimum absolute atomic E-state index is 0.108. The number of fused-ring (bicyclic) bond motifs is 2. The Balaban J connectivity index is 1.35. The summed E-state index contributed by atoms with van der Waals surface area (Å²) in [5, 5.41) is 3.73. The molecule has 2 aliphatic heterocycles. The first-order valence-corrected chi connectivity index (χ1v) is 10.7. The molecule has 3 N–H and O–H groups in total. The van der Waals surface area contributed by atoms with E-state index < -0.39 is 0 Å². The fourth-order valence-corrected chi connectivity index (χ4v) is 4.93. The van der Waals surface area contributed by atoms with Gasteiger partial charge in [0.15, 0.2) is 0 Å². The first-order valence-electron chi connectivity index (χ1n) is 10.7. The van der Waals surface area contributed by atoms with E-state index in [4.69, 9.17) is 15.5 Å². The van der Waals surface area contributed by atoms with Crippen LogP contribution in [-0.4, -0.2) is 37.3 Å². The van der Waals surface area contributed by atoms with Crippen molar-refractivity contribution in [2.24, 2.45) is 5.73 Å². The maximum absolute atomic E-state index is 6.32. The molecule has 1 aliphatic carbocycles. The van der Waals surface area contributed by atoms with Gasteiger partial charge in [0.25, 0.3) is 0 Å². The Kier molecular flexibility index (Phi) is 5.05. The molecule has 28 heavy (non-hydrogen) atoms. The van der Waals surface area contributed by atoms with Crippen molar-refractivity contribution in [1.29, 1.82) is 0 Å². The van der Waals surface area contributed by atoms with Crippen molar-refractivity contribution in [1.82, 2.24) is 10.3 Å². The van der Waals surface area contributed by atoms with Gasteiger partial charge in [-0.15, -0.1) is 0 Å². The molecule has 0 amide bonds. The number of ether oxygens (including phenoxy) is 1. The lowest BCUT2D eigenvalue weighted by molar-refractivity contribution is 0.122. The predicted molar refractivity (Wildman–Crippen MR) is 112 cm³/mol. The first-order chi connectivity index (χ1) is 13.8. The molecule has 2 aromatic rings. The quantitative estimate of drug-likeness (QED) is 0.859. The standard InChI is InChI=1S/C23H30N4O/c24-21-5-1-3-16-7-8-18(26-23(16)21)13-19-14-20-17(15-25-19)4-2-6-22(20)27-9-11-28-12-10-27/h2,4,6-8,19,21,25H,1,3,5,9-15,24H2/t19-,21?/m0/s1. The highest BCUT2D eigenvalue weighted by Gasteiger charge is 2.25. The maximum atomic E-state index is 6.32. The van der Waals surface area contributed by atoms with Crippen LogP contribution in [0.1, 0.15) is 47.0 Å². The number of morpholine rings is 1. The Labute approximate surface area is 167 Å². The van der Waals surface area contributed by atoms with E-state index in [1.54, 1.807) is 0 Å². The van der Waals surface area contributed by atoms with Crippen LogP contribution in [-0.2, 0) is 30.5 Å². The first kappa shape index (κ1) is 18.1. The zero-order chi connectivity index (χ0) is 18.9. The molecular weight excluding hydrogens is 348 g/mol. The number of hydrogen-bond donors (Lipinski definition) is 2. The van der Waals surface area contributed by atoms with Gasteiger partial charge in [-0.2, -0.15) is 0 Å². The SMILES string of the molecule is NC1CCCc2ccc(C[C@H]3Cc4c(cccc4N4CCOCC4)CN3)nc21. The maximum Gasteiger partial charge on any atom is 0.0642 e. The number of anilines is 1. The number of nitrogens with two attached hydrogens (primary N) is 1. The molecule has 1 saturated heterocycles. The lowest BCUT2D eigenvalue weighted by Crippen LogP contribution is -2.41. The van der Waals surface area contributed by atoms with E-state index in [1.165, 1.54) is 34.5 Å². The fourth-order valence-electron chi connectivity index (χ4n) is 4.93. The summed E-state index contributed by atoms with van der Waals surface area (Å²) in [7, 11) is 0. The van der Waals surface area contributed by atoms with Gasteiger partial charge in [0.05, 0.1) is 18.9 Å². The second-order valence-electron chi connectivity index (χ2n) is 8.35. The third-order valence-corrected chi connectivity index (χ3v) is 6.47. The van der Waals surface area contributed by atoms with Crippen LogP contribution in [0.5, 0.6) is 0 Å². The number of nitrogens with zero attached hydrogens (tertiary/aromatic N) is 2. The van der Waals surface area contributed by atoms with Gasteiger partial charge >= 0.3 is 0 Å². The second kappa shape index (κ2) is 7.82. The molecule has 5 nitrogen and oxygen atoms in total. The van der Waals surface area contributed by atoms with Crippen molar-refractivity contribution in [2.75, 3.05) is 31.2 Å². The van der Waals surface area contributed by atoms with Crippen LogP contribution < -0.4 is 16.0 Å². The Morgan fingerprint density at radius 2 is 2.04 bits per heavy atom. The van der Waals surface area contributed by atoms with Crippen molar-refractivity contribution in [3.63, 3.8) is 0 Å². The summed E-state index contributed by atoms with van der Waals surface area (Å²) in [6.07, 6.45) is 5.36. The van der Waals surface area contributed by atoms with Crippen molar-refractivity contribution >= 4 is 5.69 Å². The normalized spacial score (nSPS) is 24.5. The van der Waals surface area contributed by atoms with Gasteiger partial charge in [-0.1, -0.05) is 18.2 Å². The molecule has 1 unspecified atom stereocenters. The minimum atomic E-state index is 0.108. The van der Waals surface area contributed by atoms with E-state index in [-0.39, 0.29) is 6.04 Å². The zero-order valence-corrected chi connectivity index (χ0v) is 16.5. The number of pyridine rings is 1.